The molecule has 6 heteroatoms. The molecule has 2 aromatic carbocycles. The maximum atomic E-state index is 12.9. The molecule has 2 N–H and O–H groups in total. The zero-order valence-corrected chi connectivity index (χ0v) is 16.9. The number of aryl methyl sites for hydroxylation is 1. The summed E-state index contributed by atoms with van der Waals surface area (Å²) in [5.41, 5.74) is 2.30. The molecular weight excluding hydrogens is 432 g/mol. The van der Waals surface area contributed by atoms with Crippen molar-refractivity contribution in [2.75, 3.05) is 20.7 Å². The number of benzene rings is 2. The molecule has 0 unspecified atom stereocenters. The zero-order chi connectivity index (χ0) is 17.2. The van der Waals surface area contributed by atoms with Gasteiger partial charge in [0.05, 0.1) is 7.11 Å². The molecule has 0 bridgehead atoms. The van der Waals surface area contributed by atoms with Crippen LogP contribution in [0.2, 0.25) is 0 Å². The van der Waals surface area contributed by atoms with Crippen molar-refractivity contribution in [1.29, 1.82) is 0 Å². The predicted molar refractivity (Wildman–Crippen MR) is 111 cm³/mol. The Labute approximate surface area is 165 Å². The Morgan fingerprint density at radius 2 is 1.64 bits per heavy atom. The van der Waals surface area contributed by atoms with E-state index in [0.717, 1.165) is 36.7 Å². The summed E-state index contributed by atoms with van der Waals surface area (Å²) in [6.07, 6.45) is 2.00. The minimum atomic E-state index is -0.222. The Kier molecular flexibility index (Phi) is 9.91. The molecule has 25 heavy (non-hydrogen) atoms. The number of guanidine groups is 1. The van der Waals surface area contributed by atoms with E-state index in [1.54, 1.807) is 26.3 Å². The fraction of sp³-hybridized carbons (Fsp3) is 0.316. The first-order valence-corrected chi connectivity index (χ1v) is 8.03. The van der Waals surface area contributed by atoms with E-state index in [1.165, 1.54) is 17.7 Å². The molecule has 0 saturated carbocycles. The highest BCUT2D eigenvalue weighted by Crippen LogP contribution is 2.12. The lowest BCUT2D eigenvalue weighted by Gasteiger charge is -2.12. The van der Waals surface area contributed by atoms with Crippen LogP contribution in [0.25, 0.3) is 0 Å². The van der Waals surface area contributed by atoms with Gasteiger partial charge in [0.25, 0.3) is 0 Å². The summed E-state index contributed by atoms with van der Waals surface area (Å²) in [6.45, 7) is 1.44. The summed E-state index contributed by atoms with van der Waals surface area (Å²) in [6, 6.07) is 14.6. The predicted octanol–water partition coefficient (Wildman–Crippen LogP) is 3.75. The van der Waals surface area contributed by atoms with E-state index in [0.29, 0.717) is 6.54 Å². The number of rotatable bonds is 7. The van der Waals surface area contributed by atoms with Crippen molar-refractivity contribution >= 4 is 29.9 Å². The van der Waals surface area contributed by atoms with E-state index < -0.39 is 0 Å². The molecule has 0 heterocycles. The van der Waals surface area contributed by atoms with Crippen LogP contribution in [0.1, 0.15) is 17.5 Å². The van der Waals surface area contributed by atoms with Crippen LogP contribution in [0.4, 0.5) is 4.39 Å². The van der Waals surface area contributed by atoms with Crippen molar-refractivity contribution in [3.63, 3.8) is 0 Å². The van der Waals surface area contributed by atoms with E-state index in [4.69, 9.17) is 4.74 Å². The Morgan fingerprint density at radius 3 is 2.24 bits per heavy atom. The van der Waals surface area contributed by atoms with Crippen molar-refractivity contribution in [2.45, 2.75) is 19.4 Å². The van der Waals surface area contributed by atoms with E-state index in [2.05, 4.69) is 27.8 Å². The van der Waals surface area contributed by atoms with Gasteiger partial charge in [-0.25, -0.2) is 4.39 Å². The van der Waals surface area contributed by atoms with Crippen LogP contribution in [-0.4, -0.2) is 26.7 Å². The fourth-order valence-electron chi connectivity index (χ4n) is 2.30. The van der Waals surface area contributed by atoms with E-state index in [-0.39, 0.29) is 29.8 Å². The zero-order valence-electron chi connectivity index (χ0n) is 14.6. The highest BCUT2D eigenvalue weighted by atomic mass is 127. The summed E-state index contributed by atoms with van der Waals surface area (Å²) in [7, 11) is 3.41. The van der Waals surface area contributed by atoms with Gasteiger partial charge in [-0.15, -0.1) is 24.0 Å². The number of nitrogens with zero attached hydrogens (tertiary/aromatic N) is 1. The van der Waals surface area contributed by atoms with Crippen molar-refractivity contribution in [3.8, 4) is 5.75 Å². The molecule has 4 nitrogen and oxygen atoms in total. The molecule has 0 saturated heterocycles. The number of hydrogen-bond donors (Lipinski definition) is 2. The Bertz CT molecular complexity index is 645. The van der Waals surface area contributed by atoms with E-state index in [9.17, 15) is 4.39 Å². The second kappa shape index (κ2) is 11.7. The molecule has 0 atom stereocenters. The standard InChI is InChI=1S/C19H24FN3O.HI/c1-21-19(23-14-16-5-9-17(20)10-6-16)22-13-3-4-15-7-11-18(24-2)12-8-15;/h5-12H,3-4,13-14H2,1-2H3,(H2,21,22,23);1H. The second-order valence-electron chi connectivity index (χ2n) is 5.43. The van der Waals surface area contributed by atoms with Crippen molar-refractivity contribution in [1.82, 2.24) is 10.6 Å². The third-order valence-corrected chi connectivity index (χ3v) is 3.69. The average molecular weight is 457 g/mol. The smallest absolute Gasteiger partial charge is 0.191 e. The van der Waals surface area contributed by atoms with E-state index >= 15 is 0 Å². The molecule has 0 fully saturated rings. The molecule has 0 spiro atoms. The summed E-state index contributed by atoms with van der Waals surface area (Å²) >= 11 is 0. The van der Waals surface area contributed by atoms with Crippen LogP contribution >= 0.6 is 24.0 Å². The first-order valence-electron chi connectivity index (χ1n) is 8.03. The lowest BCUT2D eigenvalue weighted by Crippen LogP contribution is -2.37. The van der Waals surface area contributed by atoms with Crippen LogP contribution < -0.4 is 15.4 Å². The first-order chi connectivity index (χ1) is 11.7. The summed E-state index contributed by atoms with van der Waals surface area (Å²) < 4.78 is 18.0. The molecule has 0 radical (unpaired) electrons. The van der Waals surface area contributed by atoms with Gasteiger partial charge in [0.1, 0.15) is 11.6 Å². The third kappa shape index (κ3) is 7.72. The SMILES string of the molecule is CN=C(NCCCc1ccc(OC)cc1)NCc1ccc(F)cc1.I. The molecule has 0 aliphatic rings. The van der Waals surface area contributed by atoms with Gasteiger partial charge in [-0.1, -0.05) is 24.3 Å². The highest BCUT2D eigenvalue weighted by molar-refractivity contribution is 14.0. The fourth-order valence-corrected chi connectivity index (χ4v) is 2.30. The largest absolute Gasteiger partial charge is 0.497 e. The van der Waals surface area contributed by atoms with Gasteiger partial charge in [0.15, 0.2) is 5.96 Å². The minimum Gasteiger partial charge on any atom is -0.497 e. The molecule has 0 amide bonds. The lowest BCUT2D eigenvalue weighted by molar-refractivity contribution is 0.414. The van der Waals surface area contributed by atoms with Crippen LogP contribution in [0.5, 0.6) is 5.75 Å². The van der Waals surface area contributed by atoms with Gasteiger partial charge in [-0.3, -0.25) is 4.99 Å². The Hall–Kier alpha value is -1.83. The van der Waals surface area contributed by atoms with Crippen LogP contribution in [0.15, 0.2) is 53.5 Å². The van der Waals surface area contributed by atoms with Crippen molar-refractivity contribution < 1.29 is 9.13 Å². The third-order valence-electron chi connectivity index (χ3n) is 3.69. The molecule has 0 aliphatic heterocycles. The van der Waals surface area contributed by atoms with Crippen LogP contribution in [-0.2, 0) is 13.0 Å². The molecule has 0 aliphatic carbocycles. The molecule has 136 valence electrons. The van der Waals surface area contributed by atoms with Crippen molar-refractivity contribution in [3.05, 3.63) is 65.5 Å². The monoisotopic (exact) mass is 457 g/mol. The number of halogens is 2. The second-order valence-corrected chi connectivity index (χ2v) is 5.43. The molecule has 2 rings (SSSR count). The lowest BCUT2D eigenvalue weighted by atomic mass is 10.1. The molecule has 2 aromatic rings. The van der Waals surface area contributed by atoms with Gasteiger partial charge in [-0.2, -0.15) is 0 Å². The summed E-state index contributed by atoms with van der Waals surface area (Å²) in [4.78, 5) is 4.19. The normalized spacial score (nSPS) is 10.8. The number of nitrogens with one attached hydrogen (secondary N) is 2. The number of hydrogen-bond acceptors (Lipinski definition) is 2. The van der Waals surface area contributed by atoms with Crippen LogP contribution in [0.3, 0.4) is 0 Å². The van der Waals surface area contributed by atoms with Crippen molar-refractivity contribution in [2.24, 2.45) is 4.99 Å². The highest BCUT2D eigenvalue weighted by Gasteiger charge is 1.99. The molecular formula is C19H25FIN3O. The topological polar surface area (TPSA) is 45.7 Å². The maximum absolute atomic E-state index is 12.9. The van der Waals surface area contributed by atoms with Crippen LogP contribution in [0, 0.1) is 5.82 Å². The summed E-state index contributed by atoms with van der Waals surface area (Å²) in [5, 5.41) is 6.50. The maximum Gasteiger partial charge on any atom is 0.191 e. The summed E-state index contributed by atoms with van der Waals surface area (Å²) in [5.74, 6) is 1.40. The number of ether oxygens (including phenoxy) is 1. The quantitative estimate of drug-likeness (QED) is 0.288. The number of methoxy groups -OCH3 is 1. The van der Waals surface area contributed by atoms with Gasteiger partial charge in [0, 0.05) is 20.1 Å². The first kappa shape index (κ1) is 21.2. The van der Waals surface area contributed by atoms with E-state index in [1.807, 2.05) is 12.1 Å². The Balaban J connectivity index is 0.00000312. The van der Waals surface area contributed by atoms with Gasteiger partial charge in [-0.05, 0) is 48.2 Å². The minimum absolute atomic E-state index is 0. The number of aliphatic imine (C=N–C) groups is 1. The van der Waals surface area contributed by atoms with Gasteiger partial charge >= 0.3 is 0 Å². The van der Waals surface area contributed by atoms with Gasteiger partial charge in [0.2, 0.25) is 0 Å². The Morgan fingerprint density at radius 1 is 1.00 bits per heavy atom. The molecule has 0 aromatic heterocycles. The van der Waals surface area contributed by atoms with Gasteiger partial charge < -0.3 is 15.4 Å². The average Bonchev–Trinajstić information content (AvgIpc) is 2.63.